The second-order valence-corrected chi connectivity index (χ2v) is 4.49. The van der Waals surface area contributed by atoms with Gasteiger partial charge in [0, 0.05) is 18.8 Å². The standard InChI is InChI=1S/C12H19N3O2/c1-17-11-5-6-13-12(15-11)14-8-9-3-2-4-10(16)7-9/h5-6,9-10,16H,2-4,7-8H2,1H3,(H,13,14,15). The molecule has 5 heteroatoms. The first-order valence-corrected chi connectivity index (χ1v) is 6.07. The van der Waals surface area contributed by atoms with Crippen molar-refractivity contribution in [3.8, 4) is 5.88 Å². The Balaban J connectivity index is 1.84. The lowest BCUT2D eigenvalue weighted by Gasteiger charge is -2.25. The largest absolute Gasteiger partial charge is 0.481 e. The van der Waals surface area contributed by atoms with E-state index in [1.165, 1.54) is 0 Å². The molecule has 0 spiro atoms. The Kier molecular flexibility index (Phi) is 4.14. The van der Waals surface area contributed by atoms with Crippen LogP contribution in [0.5, 0.6) is 5.88 Å². The number of rotatable bonds is 4. The van der Waals surface area contributed by atoms with Gasteiger partial charge < -0.3 is 15.2 Å². The van der Waals surface area contributed by atoms with E-state index in [0.717, 1.165) is 32.2 Å². The molecule has 1 heterocycles. The normalized spacial score (nSPS) is 24.4. The van der Waals surface area contributed by atoms with Crippen LogP contribution >= 0.6 is 0 Å². The fourth-order valence-electron chi connectivity index (χ4n) is 2.22. The van der Waals surface area contributed by atoms with Crippen LogP contribution in [0.2, 0.25) is 0 Å². The number of aromatic nitrogens is 2. The van der Waals surface area contributed by atoms with E-state index >= 15 is 0 Å². The Morgan fingerprint density at radius 2 is 2.41 bits per heavy atom. The molecule has 1 saturated carbocycles. The van der Waals surface area contributed by atoms with E-state index in [1.54, 1.807) is 19.4 Å². The number of aliphatic hydroxyl groups is 1. The zero-order valence-corrected chi connectivity index (χ0v) is 10.1. The van der Waals surface area contributed by atoms with Gasteiger partial charge in [0.2, 0.25) is 11.8 Å². The minimum atomic E-state index is -0.137. The number of nitrogens with zero attached hydrogens (tertiary/aromatic N) is 2. The molecule has 1 aliphatic carbocycles. The average molecular weight is 237 g/mol. The first-order valence-electron chi connectivity index (χ1n) is 6.07. The third kappa shape index (κ3) is 3.56. The molecule has 1 aliphatic rings. The van der Waals surface area contributed by atoms with Gasteiger partial charge in [-0.25, -0.2) is 4.98 Å². The molecule has 0 aliphatic heterocycles. The van der Waals surface area contributed by atoms with Crippen molar-refractivity contribution in [2.75, 3.05) is 19.0 Å². The summed E-state index contributed by atoms with van der Waals surface area (Å²) in [4.78, 5) is 8.31. The molecule has 94 valence electrons. The van der Waals surface area contributed by atoms with Crippen LogP contribution in [0.15, 0.2) is 12.3 Å². The monoisotopic (exact) mass is 237 g/mol. The van der Waals surface area contributed by atoms with Crippen molar-refractivity contribution in [3.05, 3.63) is 12.3 Å². The van der Waals surface area contributed by atoms with Gasteiger partial charge in [0.15, 0.2) is 0 Å². The summed E-state index contributed by atoms with van der Waals surface area (Å²) in [6.45, 7) is 0.810. The number of methoxy groups -OCH3 is 1. The van der Waals surface area contributed by atoms with Crippen molar-refractivity contribution < 1.29 is 9.84 Å². The molecule has 0 saturated heterocycles. The molecule has 2 N–H and O–H groups in total. The van der Waals surface area contributed by atoms with Gasteiger partial charge in [-0.1, -0.05) is 6.42 Å². The van der Waals surface area contributed by atoms with Gasteiger partial charge in [-0.2, -0.15) is 4.98 Å². The van der Waals surface area contributed by atoms with Crippen molar-refractivity contribution >= 4 is 5.95 Å². The first kappa shape index (κ1) is 12.1. The van der Waals surface area contributed by atoms with Gasteiger partial charge in [0.25, 0.3) is 0 Å². The minimum Gasteiger partial charge on any atom is -0.481 e. The lowest BCUT2D eigenvalue weighted by atomic mass is 9.87. The van der Waals surface area contributed by atoms with Gasteiger partial charge in [0.05, 0.1) is 13.2 Å². The Bertz CT molecular complexity index is 359. The van der Waals surface area contributed by atoms with Crippen LogP contribution in [0, 0.1) is 5.92 Å². The molecule has 17 heavy (non-hydrogen) atoms. The number of aliphatic hydroxyl groups excluding tert-OH is 1. The number of ether oxygens (including phenoxy) is 1. The van der Waals surface area contributed by atoms with E-state index in [4.69, 9.17) is 4.74 Å². The third-order valence-corrected chi connectivity index (χ3v) is 3.14. The fourth-order valence-corrected chi connectivity index (χ4v) is 2.22. The van der Waals surface area contributed by atoms with Gasteiger partial charge in [-0.3, -0.25) is 0 Å². The number of hydrogen-bond donors (Lipinski definition) is 2. The van der Waals surface area contributed by atoms with E-state index in [9.17, 15) is 5.11 Å². The van der Waals surface area contributed by atoms with Crippen molar-refractivity contribution in [2.45, 2.75) is 31.8 Å². The zero-order valence-electron chi connectivity index (χ0n) is 10.1. The van der Waals surface area contributed by atoms with Crippen LogP contribution in [0.3, 0.4) is 0 Å². The van der Waals surface area contributed by atoms with Crippen LogP contribution < -0.4 is 10.1 Å². The Morgan fingerprint density at radius 1 is 1.53 bits per heavy atom. The van der Waals surface area contributed by atoms with E-state index in [2.05, 4.69) is 15.3 Å². The smallest absolute Gasteiger partial charge is 0.225 e. The maximum Gasteiger partial charge on any atom is 0.225 e. The van der Waals surface area contributed by atoms with E-state index in [-0.39, 0.29) is 6.10 Å². The molecule has 0 radical (unpaired) electrons. The van der Waals surface area contributed by atoms with Crippen LogP contribution in [0.4, 0.5) is 5.95 Å². The average Bonchev–Trinajstić information content (AvgIpc) is 2.37. The van der Waals surface area contributed by atoms with Crippen molar-refractivity contribution in [1.82, 2.24) is 9.97 Å². The van der Waals surface area contributed by atoms with E-state index in [0.29, 0.717) is 17.7 Å². The second kappa shape index (κ2) is 5.82. The highest BCUT2D eigenvalue weighted by Crippen LogP contribution is 2.24. The quantitative estimate of drug-likeness (QED) is 0.829. The molecule has 1 aromatic rings. The zero-order chi connectivity index (χ0) is 12.1. The molecule has 0 aromatic carbocycles. The summed E-state index contributed by atoms with van der Waals surface area (Å²) < 4.78 is 5.03. The van der Waals surface area contributed by atoms with Crippen LogP contribution in [-0.4, -0.2) is 34.8 Å². The molecule has 2 rings (SSSR count). The van der Waals surface area contributed by atoms with Crippen LogP contribution in [0.25, 0.3) is 0 Å². The molecule has 2 atom stereocenters. The number of hydrogen-bond acceptors (Lipinski definition) is 5. The Labute approximate surface area is 101 Å². The highest BCUT2D eigenvalue weighted by atomic mass is 16.5. The third-order valence-electron chi connectivity index (χ3n) is 3.14. The molecule has 2 unspecified atom stereocenters. The van der Waals surface area contributed by atoms with Crippen molar-refractivity contribution in [3.63, 3.8) is 0 Å². The lowest BCUT2D eigenvalue weighted by Crippen LogP contribution is -2.25. The summed E-state index contributed by atoms with van der Waals surface area (Å²) in [7, 11) is 1.59. The van der Waals surface area contributed by atoms with Gasteiger partial charge >= 0.3 is 0 Å². The van der Waals surface area contributed by atoms with Crippen LogP contribution in [-0.2, 0) is 0 Å². The second-order valence-electron chi connectivity index (χ2n) is 4.49. The predicted octanol–water partition coefficient (Wildman–Crippen LogP) is 1.45. The summed E-state index contributed by atoms with van der Waals surface area (Å²) in [6, 6.07) is 1.72. The van der Waals surface area contributed by atoms with Crippen molar-refractivity contribution in [2.24, 2.45) is 5.92 Å². The highest BCUT2D eigenvalue weighted by Gasteiger charge is 2.19. The predicted molar refractivity (Wildman–Crippen MR) is 65.0 cm³/mol. The summed E-state index contributed by atoms with van der Waals surface area (Å²) in [5.41, 5.74) is 0. The molecule has 1 aromatic heterocycles. The van der Waals surface area contributed by atoms with Gasteiger partial charge in [-0.05, 0) is 25.2 Å². The summed E-state index contributed by atoms with van der Waals surface area (Å²) >= 11 is 0. The van der Waals surface area contributed by atoms with Gasteiger partial charge in [0.1, 0.15) is 0 Å². The summed E-state index contributed by atoms with van der Waals surface area (Å²) in [5, 5.41) is 12.8. The number of nitrogens with one attached hydrogen (secondary N) is 1. The highest BCUT2D eigenvalue weighted by molar-refractivity contribution is 5.27. The Morgan fingerprint density at radius 3 is 3.18 bits per heavy atom. The Hall–Kier alpha value is -1.36. The molecular weight excluding hydrogens is 218 g/mol. The summed E-state index contributed by atoms with van der Waals surface area (Å²) in [6.07, 6.45) is 5.61. The first-order chi connectivity index (χ1) is 8.28. The molecule has 0 bridgehead atoms. The number of anilines is 1. The molecule has 0 amide bonds. The molecule has 1 fully saturated rings. The van der Waals surface area contributed by atoms with Crippen LogP contribution in [0.1, 0.15) is 25.7 Å². The molecule has 5 nitrogen and oxygen atoms in total. The molecular formula is C12H19N3O2. The van der Waals surface area contributed by atoms with Crippen molar-refractivity contribution in [1.29, 1.82) is 0 Å². The summed E-state index contributed by atoms with van der Waals surface area (Å²) in [5.74, 6) is 1.66. The minimum absolute atomic E-state index is 0.137. The maximum atomic E-state index is 9.58. The van der Waals surface area contributed by atoms with Gasteiger partial charge in [-0.15, -0.1) is 0 Å². The van der Waals surface area contributed by atoms with E-state index in [1.807, 2.05) is 0 Å². The fraction of sp³-hybridized carbons (Fsp3) is 0.667. The lowest BCUT2D eigenvalue weighted by molar-refractivity contribution is 0.104. The topological polar surface area (TPSA) is 67.3 Å². The SMILES string of the molecule is COc1ccnc(NCC2CCCC(O)C2)n1. The van der Waals surface area contributed by atoms with E-state index < -0.39 is 0 Å². The maximum absolute atomic E-state index is 9.58.